The van der Waals surface area contributed by atoms with Gasteiger partial charge in [-0.05, 0) is 54.6 Å². The average molecular weight is 341 g/mol. The second-order valence-corrected chi connectivity index (χ2v) is 6.22. The smallest absolute Gasteiger partial charge is 0.253 e. The first kappa shape index (κ1) is 16.3. The normalized spacial score (nSPS) is 10.8. The molecule has 5 heteroatoms. The number of aromatic nitrogens is 1. The maximum Gasteiger partial charge on any atom is 0.253 e. The number of H-pyrrole nitrogens is 1. The number of hydrogen-bond acceptors (Lipinski definition) is 2. The molecule has 2 aromatic carbocycles. The summed E-state index contributed by atoms with van der Waals surface area (Å²) in [5, 5.41) is 4.20. The van der Waals surface area contributed by atoms with E-state index >= 15 is 0 Å². The number of aromatic amines is 1. The molecule has 0 saturated carbocycles. The van der Waals surface area contributed by atoms with Crippen molar-refractivity contribution >= 4 is 28.4 Å². The Balaban J connectivity index is 1.85. The number of aryl methyl sites for hydroxylation is 2. The number of rotatable bonds is 3. The summed E-state index contributed by atoms with van der Waals surface area (Å²) in [6.07, 6.45) is 0. The van der Waals surface area contributed by atoms with Gasteiger partial charge in [0.25, 0.3) is 11.5 Å². The molecule has 3 rings (SSSR count). The second-order valence-electron chi connectivity index (χ2n) is 5.79. The molecule has 0 bridgehead atoms. The predicted molar refractivity (Wildman–Crippen MR) is 96.7 cm³/mol. The van der Waals surface area contributed by atoms with E-state index in [1.807, 2.05) is 32.0 Å². The number of carbonyl (C=O) groups is 1. The summed E-state index contributed by atoms with van der Waals surface area (Å²) in [7, 11) is 0. The molecule has 1 amide bonds. The van der Waals surface area contributed by atoms with Crippen LogP contribution in [0.2, 0.25) is 5.02 Å². The van der Waals surface area contributed by atoms with Crippen molar-refractivity contribution in [1.29, 1.82) is 0 Å². The molecule has 24 heavy (non-hydrogen) atoms. The predicted octanol–water partition coefficient (Wildman–Crippen LogP) is 3.73. The van der Waals surface area contributed by atoms with E-state index in [0.29, 0.717) is 16.1 Å². The van der Waals surface area contributed by atoms with Crippen molar-refractivity contribution < 1.29 is 4.79 Å². The van der Waals surface area contributed by atoms with Crippen molar-refractivity contribution in [3.63, 3.8) is 0 Å². The minimum Gasteiger partial charge on any atom is -0.348 e. The summed E-state index contributed by atoms with van der Waals surface area (Å²) in [6, 6.07) is 12.5. The van der Waals surface area contributed by atoms with Crippen LogP contribution < -0.4 is 10.9 Å². The van der Waals surface area contributed by atoms with Crippen LogP contribution in [-0.2, 0) is 6.54 Å². The van der Waals surface area contributed by atoms with E-state index in [4.69, 9.17) is 11.6 Å². The van der Waals surface area contributed by atoms with Gasteiger partial charge in [-0.2, -0.15) is 0 Å². The topological polar surface area (TPSA) is 62.0 Å². The number of amides is 1. The molecule has 3 aromatic rings. The molecule has 0 fully saturated rings. The highest BCUT2D eigenvalue weighted by atomic mass is 35.5. The third kappa shape index (κ3) is 3.19. The summed E-state index contributed by atoms with van der Waals surface area (Å²) in [5.41, 5.74) is 3.80. The minimum absolute atomic E-state index is 0.156. The van der Waals surface area contributed by atoms with Crippen LogP contribution in [0, 0.1) is 13.8 Å². The maximum atomic E-state index is 12.3. The number of benzene rings is 2. The number of halogens is 1. The molecule has 0 aliphatic rings. The summed E-state index contributed by atoms with van der Waals surface area (Å²) < 4.78 is 0. The minimum atomic E-state index is -0.267. The Labute approximate surface area is 144 Å². The van der Waals surface area contributed by atoms with Gasteiger partial charge < -0.3 is 10.3 Å². The van der Waals surface area contributed by atoms with Crippen LogP contribution in [0.5, 0.6) is 0 Å². The number of pyridine rings is 1. The van der Waals surface area contributed by atoms with Gasteiger partial charge in [0.1, 0.15) is 0 Å². The Kier molecular flexibility index (Phi) is 4.40. The lowest BCUT2D eigenvalue weighted by molar-refractivity contribution is 0.0951. The highest BCUT2D eigenvalue weighted by Crippen LogP contribution is 2.19. The van der Waals surface area contributed by atoms with Crippen LogP contribution in [-0.4, -0.2) is 10.9 Å². The Bertz CT molecular complexity index is 992. The molecular weight excluding hydrogens is 324 g/mol. The van der Waals surface area contributed by atoms with Crippen molar-refractivity contribution in [2.45, 2.75) is 20.4 Å². The monoisotopic (exact) mass is 340 g/mol. The van der Waals surface area contributed by atoms with Gasteiger partial charge in [0, 0.05) is 22.7 Å². The quantitative estimate of drug-likeness (QED) is 0.763. The maximum absolute atomic E-state index is 12.3. The lowest BCUT2D eigenvalue weighted by atomic mass is 10.0. The van der Waals surface area contributed by atoms with Crippen molar-refractivity contribution in [3.05, 3.63) is 80.1 Å². The van der Waals surface area contributed by atoms with E-state index in [1.165, 1.54) is 0 Å². The molecule has 4 nitrogen and oxygen atoms in total. The number of fused-ring (bicyclic) bond motifs is 1. The second kappa shape index (κ2) is 6.49. The fraction of sp³-hybridized carbons (Fsp3) is 0.158. The van der Waals surface area contributed by atoms with E-state index in [9.17, 15) is 9.59 Å². The van der Waals surface area contributed by atoms with Crippen LogP contribution in [0.3, 0.4) is 0 Å². The number of nitrogens with one attached hydrogen (secondary N) is 2. The van der Waals surface area contributed by atoms with Crippen molar-refractivity contribution in [2.75, 3.05) is 0 Å². The van der Waals surface area contributed by atoms with Gasteiger partial charge in [-0.1, -0.05) is 29.8 Å². The molecule has 0 radical (unpaired) electrons. The Hall–Kier alpha value is -2.59. The first-order chi connectivity index (χ1) is 11.5. The molecule has 0 saturated heterocycles. The summed E-state index contributed by atoms with van der Waals surface area (Å²) in [5.74, 6) is -0.267. The van der Waals surface area contributed by atoms with Crippen molar-refractivity contribution in [1.82, 2.24) is 10.3 Å². The van der Waals surface area contributed by atoms with Crippen LogP contribution >= 0.6 is 11.6 Å². The zero-order chi connectivity index (χ0) is 17.3. The first-order valence-corrected chi connectivity index (χ1v) is 7.99. The van der Waals surface area contributed by atoms with E-state index in [2.05, 4.69) is 10.3 Å². The SMILES string of the molecule is Cc1ccc2cc(CNC(=O)c3cccc(Cl)c3)c(=O)[nH]c2c1C. The Morgan fingerprint density at radius 2 is 1.96 bits per heavy atom. The largest absolute Gasteiger partial charge is 0.348 e. The zero-order valence-corrected chi connectivity index (χ0v) is 14.2. The van der Waals surface area contributed by atoms with E-state index in [1.54, 1.807) is 24.3 Å². The molecule has 1 aromatic heterocycles. The molecule has 2 N–H and O–H groups in total. The fourth-order valence-electron chi connectivity index (χ4n) is 2.61. The number of hydrogen-bond donors (Lipinski definition) is 2. The standard InChI is InChI=1S/C19H17ClN2O2/c1-11-6-7-13-8-15(19(24)22-17(13)12(11)2)10-21-18(23)14-4-3-5-16(20)9-14/h3-9H,10H2,1-2H3,(H,21,23)(H,22,24). The summed E-state index contributed by atoms with van der Waals surface area (Å²) in [6.45, 7) is 4.14. The Morgan fingerprint density at radius 1 is 1.17 bits per heavy atom. The van der Waals surface area contributed by atoms with Gasteiger partial charge in [0.2, 0.25) is 0 Å². The molecule has 122 valence electrons. The third-order valence-corrected chi connectivity index (χ3v) is 4.39. The van der Waals surface area contributed by atoms with Crippen LogP contribution in [0.1, 0.15) is 27.0 Å². The molecule has 0 aliphatic heterocycles. The van der Waals surface area contributed by atoms with E-state index in [-0.39, 0.29) is 18.0 Å². The first-order valence-electron chi connectivity index (χ1n) is 7.61. The lowest BCUT2D eigenvalue weighted by Crippen LogP contribution is -2.26. The summed E-state index contributed by atoms with van der Waals surface area (Å²) >= 11 is 5.89. The van der Waals surface area contributed by atoms with Gasteiger partial charge in [-0.15, -0.1) is 0 Å². The molecule has 0 unspecified atom stereocenters. The molecule has 1 heterocycles. The Morgan fingerprint density at radius 3 is 2.71 bits per heavy atom. The molecule has 0 atom stereocenters. The highest BCUT2D eigenvalue weighted by Gasteiger charge is 2.09. The van der Waals surface area contributed by atoms with Crippen LogP contribution in [0.15, 0.2) is 47.3 Å². The van der Waals surface area contributed by atoms with Crippen molar-refractivity contribution in [2.24, 2.45) is 0 Å². The molecular formula is C19H17ClN2O2. The van der Waals surface area contributed by atoms with Gasteiger partial charge in [0.15, 0.2) is 0 Å². The highest BCUT2D eigenvalue weighted by molar-refractivity contribution is 6.30. The van der Waals surface area contributed by atoms with Crippen LogP contribution in [0.4, 0.5) is 0 Å². The average Bonchev–Trinajstić information content (AvgIpc) is 2.57. The third-order valence-electron chi connectivity index (χ3n) is 4.15. The van der Waals surface area contributed by atoms with Gasteiger partial charge in [-0.3, -0.25) is 9.59 Å². The fourth-order valence-corrected chi connectivity index (χ4v) is 2.80. The van der Waals surface area contributed by atoms with E-state index in [0.717, 1.165) is 22.0 Å². The van der Waals surface area contributed by atoms with Gasteiger partial charge in [0.05, 0.1) is 5.52 Å². The lowest BCUT2D eigenvalue weighted by Gasteiger charge is -2.09. The van der Waals surface area contributed by atoms with E-state index < -0.39 is 0 Å². The molecule has 0 spiro atoms. The summed E-state index contributed by atoms with van der Waals surface area (Å²) in [4.78, 5) is 27.3. The van der Waals surface area contributed by atoms with Gasteiger partial charge in [-0.25, -0.2) is 0 Å². The number of carbonyl (C=O) groups excluding carboxylic acids is 1. The molecule has 0 aliphatic carbocycles. The van der Waals surface area contributed by atoms with Crippen LogP contribution in [0.25, 0.3) is 10.9 Å². The zero-order valence-electron chi connectivity index (χ0n) is 13.4. The van der Waals surface area contributed by atoms with Crippen molar-refractivity contribution in [3.8, 4) is 0 Å². The van der Waals surface area contributed by atoms with Gasteiger partial charge >= 0.3 is 0 Å².